The second-order valence-electron chi connectivity index (χ2n) is 5.91. The number of rotatable bonds is 11. The molecule has 0 aromatic heterocycles. The summed E-state index contributed by atoms with van der Waals surface area (Å²) < 4.78 is 5.71. The summed E-state index contributed by atoms with van der Waals surface area (Å²) in [6.45, 7) is 9.97. The minimum atomic E-state index is -1.01. The fraction of sp³-hybridized carbons (Fsp3) is 0.933. The van der Waals surface area contributed by atoms with Gasteiger partial charge in [-0.25, -0.2) is 0 Å². The number of hydrogen-bond acceptors (Lipinski definition) is 3. The van der Waals surface area contributed by atoms with Crippen LogP contribution < -0.4 is 5.32 Å². The summed E-state index contributed by atoms with van der Waals surface area (Å²) in [7, 11) is 0. The summed E-state index contributed by atoms with van der Waals surface area (Å²) in [6, 6.07) is 0.115. The first-order valence-electron chi connectivity index (χ1n) is 7.44. The average molecular weight is 273 g/mol. The highest BCUT2D eigenvalue weighted by Crippen LogP contribution is 2.12. The van der Waals surface area contributed by atoms with E-state index >= 15 is 0 Å². The predicted octanol–water partition coefficient (Wildman–Crippen LogP) is 3.20. The Kier molecular flexibility index (Phi) is 9.02. The zero-order chi connectivity index (χ0) is 14.9. The van der Waals surface area contributed by atoms with Gasteiger partial charge in [0.2, 0.25) is 0 Å². The molecular formula is C15H31NO3. The molecule has 2 unspecified atom stereocenters. The Bertz CT molecular complexity index is 256. The van der Waals surface area contributed by atoms with E-state index in [9.17, 15) is 9.90 Å². The van der Waals surface area contributed by atoms with Crippen molar-refractivity contribution in [2.24, 2.45) is 0 Å². The van der Waals surface area contributed by atoms with Crippen LogP contribution in [0.4, 0.5) is 0 Å². The molecule has 0 bridgehead atoms. The van der Waals surface area contributed by atoms with Gasteiger partial charge in [-0.1, -0.05) is 32.6 Å². The molecule has 0 spiro atoms. The fourth-order valence-corrected chi connectivity index (χ4v) is 2.05. The standard InChI is InChI=1S/C15H31NO3/c1-6-7-8-9-10-13(4)19-11-15(5,14(17)18)16-12(2)3/h12-13,16H,6-11H2,1-5H3,(H,17,18). The molecule has 0 aromatic carbocycles. The summed E-state index contributed by atoms with van der Waals surface area (Å²) >= 11 is 0. The number of hydrogen-bond donors (Lipinski definition) is 2. The maximum absolute atomic E-state index is 11.3. The van der Waals surface area contributed by atoms with Crippen molar-refractivity contribution in [3.63, 3.8) is 0 Å². The maximum atomic E-state index is 11.3. The molecule has 4 heteroatoms. The lowest BCUT2D eigenvalue weighted by atomic mass is 10.0. The van der Waals surface area contributed by atoms with E-state index in [1.54, 1.807) is 6.92 Å². The first kappa shape index (κ1) is 18.4. The average Bonchev–Trinajstić information content (AvgIpc) is 2.31. The van der Waals surface area contributed by atoms with Crippen LogP contribution >= 0.6 is 0 Å². The van der Waals surface area contributed by atoms with Gasteiger partial charge in [0.25, 0.3) is 0 Å². The molecule has 0 fully saturated rings. The number of nitrogens with one attached hydrogen (secondary N) is 1. The van der Waals surface area contributed by atoms with Gasteiger partial charge in [-0.2, -0.15) is 0 Å². The van der Waals surface area contributed by atoms with Crippen LogP contribution in [0.25, 0.3) is 0 Å². The van der Waals surface area contributed by atoms with E-state index in [0.717, 1.165) is 12.8 Å². The van der Waals surface area contributed by atoms with E-state index in [1.165, 1.54) is 19.3 Å². The molecule has 0 aliphatic heterocycles. The van der Waals surface area contributed by atoms with Crippen molar-refractivity contribution in [3.8, 4) is 0 Å². The highest BCUT2D eigenvalue weighted by atomic mass is 16.5. The van der Waals surface area contributed by atoms with E-state index in [0.29, 0.717) is 0 Å². The van der Waals surface area contributed by atoms with Gasteiger partial charge in [-0.3, -0.25) is 10.1 Å². The molecule has 0 rings (SSSR count). The normalized spacial score (nSPS) is 16.3. The minimum absolute atomic E-state index is 0.115. The smallest absolute Gasteiger partial charge is 0.326 e. The minimum Gasteiger partial charge on any atom is -0.480 e. The molecule has 2 atom stereocenters. The number of carboxylic acid groups (broad SMARTS) is 1. The van der Waals surface area contributed by atoms with Gasteiger partial charge in [0.1, 0.15) is 5.54 Å². The highest BCUT2D eigenvalue weighted by molar-refractivity contribution is 5.78. The van der Waals surface area contributed by atoms with E-state index in [1.807, 2.05) is 20.8 Å². The third-order valence-corrected chi connectivity index (χ3v) is 3.20. The fourth-order valence-electron chi connectivity index (χ4n) is 2.05. The molecule has 0 saturated heterocycles. The van der Waals surface area contributed by atoms with Crippen molar-refractivity contribution in [2.45, 2.75) is 84.4 Å². The van der Waals surface area contributed by atoms with Gasteiger partial charge in [0, 0.05) is 6.04 Å². The number of aliphatic carboxylic acids is 1. The molecular weight excluding hydrogens is 242 g/mol. The summed E-state index contributed by atoms with van der Waals surface area (Å²) in [6.07, 6.45) is 5.97. The van der Waals surface area contributed by atoms with Crippen molar-refractivity contribution >= 4 is 5.97 Å². The van der Waals surface area contributed by atoms with Crippen molar-refractivity contribution in [1.29, 1.82) is 0 Å². The van der Waals surface area contributed by atoms with Crippen molar-refractivity contribution in [1.82, 2.24) is 5.32 Å². The Hall–Kier alpha value is -0.610. The number of ether oxygens (including phenoxy) is 1. The molecule has 114 valence electrons. The SMILES string of the molecule is CCCCCCC(C)OCC(C)(NC(C)C)C(=O)O. The van der Waals surface area contributed by atoms with E-state index in [4.69, 9.17) is 4.74 Å². The molecule has 0 aromatic rings. The van der Waals surface area contributed by atoms with Crippen LogP contribution in [0.1, 0.15) is 66.7 Å². The lowest BCUT2D eigenvalue weighted by Gasteiger charge is -2.29. The topological polar surface area (TPSA) is 58.6 Å². The second kappa shape index (κ2) is 9.32. The highest BCUT2D eigenvalue weighted by Gasteiger charge is 2.34. The quantitative estimate of drug-likeness (QED) is 0.568. The van der Waals surface area contributed by atoms with Crippen LogP contribution in [0.5, 0.6) is 0 Å². The zero-order valence-electron chi connectivity index (χ0n) is 13.2. The second-order valence-corrected chi connectivity index (χ2v) is 5.91. The van der Waals surface area contributed by atoms with Crippen LogP contribution in [-0.4, -0.2) is 35.4 Å². The third kappa shape index (κ3) is 8.22. The van der Waals surface area contributed by atoms with Crippen LogP contribution in [0.3, 0.4) is 0 Å². The van der Waals surface area contributed by atoms with Gasteiger partial charge in [0.15, 0.2) is 0 Å². The first-order chi connectivity index (χ1) is 8.81. The van der Waals surface area contributed by atoms with Crippen LogP contribution in [0, 0.1) is 0 Å². The maximum Gasteiger partial charge on any atom is 0.326 e. The predicted molar refractivity (Wildman–Crippen MR) is 78.5 cm³/mol. The molecule has 19 heavy (non-hydrogen) atoms. The Morgan fingerprint density at radius 1 is 1.26 bits per heavy atom. The molecule has 2 N–H and O–H groups in total. The third-order valence-electron chi connectivity index (χ3n) is 3.20. The number of carboxylic acids is 1. The Balaban J connectivity index is 4.07. The van der Waals surface area contributed by atoms with Gasteiger partial charge >= 0.3 is 5.97 Å². The molecule has 0 amide bonds. The van der Waals surface area contributed by atoms with Crippen LogP contribution in [-0.2, 0) is 9.53 Å². The molecule has 0 heterocycles. The van der Waals surface area contributed by atoms with E-state index in [2.05, 4.69) is 12.2 Å². The Morgan fingerprint density at radius 2 is 1.89 bits per heavy atom. The van der Waals surface area contributed by atoms with Crippen LogP contribution in [0.15, 0.2) is 0 Å². The van der Waals surface area contributed by atoms with Gasteiger partial charge in [0.05, 0.1) is 12.7 Å². The summed E-state index contributed by atoms with van der Waals surface area (Å²) in [4.78, 5) is 11.3. The largest absolute Gasteiger partial charge is 0.480 e. The van der Waals surface area contributed by atoms with Crippen molar-refractivity contribution in [2.75, 3.05) is 6.61 Å². The molecule has 0 aliphatic carbocycles. The lowest BCUT2D eigenvalue weighted by molar-refractivity contribution is -0.148. The monoisotopic (exact) mass is 273 g/mol. The van der Waals surface area contributed by atoms with E-state index in [-0.39, 0.29) is 18.8 Å². The van der Waals surface area contributed by atoms with Crippen LogP contribution in [0.2, 0.25) is 0 Å². The lowest BCUT2D eigenvalue weighted by Crippen LogP contribution is -2.56. The summed E-state index contributed by atoms with van der Waals surface area (Å²) in [5, 5.41) is 12.4. The van der Waals surface area contributed by atoms with E-state index < -0.39 is 11.5 Å². The molecule has 0 radical (unpaired) electrons. The zero-order valence-corrected chi connectivity index (χ0v) is 13.2. The number of carbonyl (C=O) groups is 1. The van der Waals surface area contributed by atoms with Gasteiger partial charge < -0.3 is 9.84 Å². The van der Waals surface area contributed by atoms with Gasteiger partial charge in [-0.15, -0.1) is 0 Å². The number of unbranched alkanes of at least 4 members (excludes halogenated alkanes) is 3. The molecule has 0 saturated carbocycles. The Labute approximate surface area is 117 Å². The first-order valence-corrected chi connectivity index (χ1v) is 7.44. The summed E-state index contributed by atoms with van der Waals surface area (Å²) in [5.41, 5.74) is -1.01. The van der Waals surface area contributed by atoms with Crippen molar-refractivity contribution < 1.29 is 14.6 Å². The summed E-state index contributed by atoms with van der Waals surface area (Å²) in [5.74, 6) is -0.862. The molecule has 0 aliphatic rings. The Morgan fingerprint density at radius 3 is 2.37 bits per heavy atom. The molecule has 4 nitrogen and oxygen atoms in total. The van der Waals surface area contributed by atoms with Gasteiger partial charge in [-0.05, 0) is 34.1 Å². The van der Waals surface area contributed by atoms with Crippen molar-refractivity contribution in [3.05, 3.63) is 0 Å².